The number of hydrogen-bond donors (Lipinski definition) is 2. The molecular formula is C28H24BrN4O4+. The van der Waals surface area contributed by atoms with Crippen LogP contribution in [0.1, 0.15) is 42.8 Å². The number of nitrogens with one attached hydrogen (secondary N) is 3. The molecule has 3 aromatic rings. The maximum atomic E-state index is 13.5. The number of carbonyl (C=O) groups is 2. The number of rotatable bonds is 6. The van der Waals surface area contributed by atoms with Crippen LogP contribution < -0.4 is 20.4 Å². The summed E-state index contributed by atoms with van der Waals surface area (Å²) in [5.74, 6) is 0.839. The SMILES string of the molecule is CC1=C(C(=O)Nc2ccc(Br)c[nH+]2)C(c2ccc(COc3ccc(C#N)cc3)o2)C2C(=O)CCC=C2N1. The van der Waals surface area contributed by atoms with E-state index in [-0.39, 0.29) is 18.3 Å². The number of ketones is 1. The molecule has 3 N–H and O–H groups in total. The number of aromatic amines is 1. The predicted molar refractivity (Wildman–Crippen MR) is 138 cm³/mol. The third kappa shape index (κ3) is 5.20. The molecule has 2 unspecified atom stereocenters. The lowest BCUT2D eigenvalue weighted by Crippen LogP contribution is -2.41. The molecule has 37 heavy (non-hydrogen) atoms. The van der Waals surface area contributed by atoms with Crippen LogP contribution in [0.2, 0.25) is 0 Å². The maximum Gasteiger partial charge on any atom is 0.337 e. The van der Waals surface area contributed by atoms with Crippen molar-refractivity contribution in [3.05, 3.63) is 99.3 Å². The van der Waals surface area contributed by atoms with E-state index >= 15 is 0 Å². The summed E-state index contributed by atoms with van der Waals surface area (Å²) in [6, 6.07) is 16.1. The lowest BCUT2D eigenvalue weighted by molar-refractivity contribution is -0.361. The van der Waals surface area contributed by atoms with Crippen LogP contribution in [0.4, 0.5) is 5.82 Å². The Hall–Kier alpha value is -4.16. The molecule has 3 heterocycles. The number of fused-ring (bicyclic) bond motifs is 1. The van der Waals surface area contributed by atoms with Crippen molar-refractivity contribution in [3.8, 4) is 11.8 Å². The second kappa shape index (κ2) is 10.4. The van der Waals surface area contributed by atoms with Crippen LogP contribution >= 0.6 is 15.9 Å². The highest BCUT2D eigenvalue weighted by molar-refractivity contribution is 9.10. The van der Waals surface area contributed by atoms with Crippen LogP contribution in [0.3, 0.4) is 0 Å². The Kier molecular flexibility index (Phi) is 6.93. The third-order valence-corrected chi connectivity index (χ3v) is 6.93. The zero-order valence-electron chi connectivity index (χ0n) is 20.0. The number of nitrogens with zero attached hydrogens (tertiary/aromatic N) is 1. The summed E-state index contributed by atoms with van der Waals surface area (Å²) in [6.07, 6.45) is 4.83. The fourth-order valence-corrected chi connectivity index (χ4v) is 4.96. The lowest BCUT2D eigenvalue weighted by Gasteiger charge is -2.36. The first-order chi connectivity index (χ1) is 17.9. The van der Waals surface area contributed by atoms with Crippen LogP contribution in [0, 0.1) is 17.2 Å². The van der Waals surface area contributed by atoms with E-state index in [9.17, 15) is 9.59 Å². The third-order valence-electron chi connectivity index (χ3n) is 6.44. The predicted octanol–water partition coefficient (Wildman–Crippen LogP) is 4.77. The Balaban J connectivity index is 1.44. The molecule has 1 aliphatic heterocycles. The first kappa shape index (κ1) is 24.5. The topological polar surface area (TPSA) is 118 Å². The van der Waals surface area contributed by atoms with Gasteiger partial charge < -0.3 is 14.5 Å². The van der Waals surface area contributed by atoms with Crippen LogP contribution in [0.5, 0.6) is 5.75 Å². The van der Waals surface area contributed by atoms with Gasteiger partial charge in [-0.15, -0.1) is 0 Å². The molecule has 0 saturated heterocycles. The number of allylic oxidation sites excluding steroid dienone is 3. The van der Waals surface area contributed by atoms with E-state index in [1.807, 2.05) is 19.1 Å². The quantitative estimate of drug-likeness (QED) is 0.449. The van der Waals surface area contributed by atoms with Gasteiger partial charge in [0.15, 0.2) is 0 Å². The van der Waals surface area contributed by atoms with Crippen LogP contribution in [-0.4, -0.2) is 11.7 Å². The minimum absolute atomic E-state index is 0.0646. The largest absolute Gasteiger partial charge is 0.486 e. The molecule has 0 saturated carbocycles. The zero-order valence-corrected chi connectivity index (χ0v) is 21.6. The van der Waals surface area contributed by atoms with Gasteiger partial charge in [-0.3, -0.25) is 4.79 Å². The fraction of sp³-hybridized carbons (Fsp3) is 0.214. The number of ether oxygens (including phenoxy) is 1. The molecule has 0 fully saturated rings. The molecule has 186 valence electrons. The highest BCUT2D eigenvalue weighted by atomic mass is 79.9. The Morgan fingerprint density at radius 1 is 1.22 bits per heavy atom. The summed E-state index contributed by atoms with van der Waals surface area (Å²) in [7, 11) is 0. The van der Waals surface area contributed by atoms with Gasteiger partial charge in [-0.1, -0.05) is 6.08 Å². The molecule has 0 spiro atoms. The molecule has 0 bridgehead atoms. The number of furan rings is 1. The number of benzene rings is 1. The van der Waals surface area contributed by atoms with Gasteiger partial charge in [0.25, 0.3) is 5.82 Å². The van der Waals surface area contributed by atoms with Crippen molar-refractivity contribution < 1.29 is 23.7 Å². The highest BCUT2D eigenvalue weighted by Crippen LogP contribution is 2.44. The highest BCUT2D eigenvalue weighted by Gasteiger charge is 2.45. The second-order valence-electron chi connectivity index (χ2n) is 8.89. The number of nitriles is 1. The minimum Gasteiger partial charge on any atom is -0.486 e. The van der Waals surface area contributed by atoms with Crippen molar-refractivity contribution in [2.45, 2.75) is 32.3 Å². The molecule has 5 rings (SSSR count). The van der Waals surface area contributed by atoms with Crippen molar-refractivity contribution in [2.75, 3.05) is 5.32 Å². The molecule has 1 aliphatic carbocycles. The number of aromatic nitrogens is 1. The standard InChI is InChI=1S/C28H23BrN4O4/c1-16-25(28(35)33-24-12-7-18(29)14-31-24)27(26-21(32-16)3-2-4-22(26)34)23-11-10-20(37-23)15-36-19-8-5-17(13-30)6-9-19/h3,5-12,14,26-27,32H,2,4,15H2,1H3,(H,31,33,35)/p+1. The summed E-state index contributed by atoms with van der Waals surface area (Å²) in [5, 5.41) is 15.2. The Morgan fingerprint density at radius 3 is 2.76 bits per heavy atom. The van der Waals surface area contributed by atoms with Gasteiger partial charge in [-0.25, -0.2) is 15.1 Å². The first-order valence-electron chi connectivity index (χ1n) is 11.8. The van der Waals surface area contributed by atoms with E-state index in [2.05, 4.69) is 37.6 Å². The van der Waals surface area contributed by atoms with Crippen molar-refractivity contribution in [2.24, 2.45) is 5.92 Å². The maximum absolute atomic E-state index is 13.5. The first-order valence-corrected chi connectivity index (χ1v) is 12.6. The average molecular weight is 560 g/mol. The second-order valence-corrected chi connectivity index (χ2v) is 9.80. The van der Waals surface area contributed by atoms with E-state index in [0.29, 0.717) is 52.8 Å². The number of Topliss-reactive ketones (excluding diaryl/α,β-unsaturated/α-hetero) is 1. The molecule has 8 nitrogen and oxygen atoms in total. The summed E-state index contributed by atoms with van der Waals surface area (Å²) in [6.45, 7) is 2.00. The van der Waals surface area contributed by atoms with E-state index in [4.69, 9.17) is 14.4 Å². The lowest BCUT2D eigenvalue weighted by atomic mass is 9.72. The van der Waals surface area contributed by atoms with Crippen molar-refractivity contribution in [3.63, 3.8) is 0 Å². The Labute approximate surface area is 222 Å². The number of hydrogen-bond acceptors (Lipinski definition) is 6. The number of H-pyrrole nitrogens is 1. The van der Waals surface area contributed by atoms with Crippen LogP contribution in [0.15, 0.2) is 86.7 Å². The van der Waals surface area contributed by atoms with Gasteiger partial charge in [0.1, 0.15) is 35.9 Å². The number of carbonyl (C=O) groups excluding carboxylic acids is 2. The molecule has 0 radical (unpaired) electrons. The molecule has 2 aliphatic rings. The average Bonchev–Trinajstić information content (AvgIpc) is 3.37. The summed E-state index contributed by atoms with van der Waals surface area (Å²) in [5.41, 5.74) is 2.47. The molecular weight excluding hydrogens is 536 g/mol. The number of anilines is 1. The fourth-order valence-electron chi connectivity index (χ4n) is 4.71. The van der Waals surface area contributed by atoms with Gasteiger partial charge in [0.05, 0.1) is 33.5 Å². The smallest absolute Gasteiger partial charge is 0.337 e. The van der Waals surface area contributed by atoms with Crippen molar-refractivity contribution >= 4 is 33.4 Å². The molecule has 1 aromatic carbocycles. The van der Waals surface area contributed by atoms with E-state index in [1.165, 1.54) is 0 Å². The Morgan fingerprint density at radius 2 is 2.03 bits per heavy atom. The van der Waals surface area contributed by atoms with E-state index in [0.717, 1.165) is 10.2 Å². The van der Waals surface area contributed by atoms with Gasteiger partial charge in [0, 0.05) is 23.9 Å². The molecule has 1 amide bonds. The van der Waals surface area contributed by atoms with Gasteiger partial charge in [-0.05, 0) is 71.7 Å². The van der Waals surface area contributed by atoms with Crippen LogP contribution in [-0.2, 0) is 16.2 Å². The number of halogens is 1. The minimum atomic E-state index is -0.584. The zero-order chi connectivity index (χ0) is 25.9. The normalized spacial score (nSPS) is 18.8. The van der Waals surface area contributed by atoms with Gasteiger partial charge >= 0.3 is 5.91 Å². The number of amides is 1. The van der Waals surface area contributed by atoms with Crippen LogP contribution in [0.25, 0.3) is 0 Å². The van der Waals surface area contributed by atoms with Crippen molar-refractivity contribution in [1.29, 1.82) is 5.26 Å². The molecule has 9 heteroatoms. The van der Waals surface area contributed by atoms with E-state index in [1.54, 1.807) is 48.7 Å². The molecule has 2 atom stereocenters. The number of pyridine rings is 1. The molecule has 2 aromatic heterocycles. The van der Waals surface area contributed by atoms with E-state index < -0.39 is 11.8 Å². The van der Waals surface area contributed by atoms with Gasteiger partial charge in [0.2, 0.25) is 0 Å². The van der Waals surface area contributed by atoms with Crippen molar-refractivity contribution in [1.82, 2.24) is 5.32 Å². The Bertz CT molecular complexity index is 1450. The summed E-state index contributed by atoms with van der Waals surface area (Å²) in [4.78, 5) is 29.7. The summed E-state index contributed by atoms with van der Waals surface area (Å²) < 4.78 is 12.8. The monoisotopic (exact) mass is 559 g/mol. The summed E-state index contributed by atoms with van der Waals surface area (Å²) >= 11 is 3.38. The van der Waals surface area contributed by atoms with Gasteiger partial charge in [-0.2, -0.15) is 5.26 Å².